The Morgan fingerprint density at radius 1 is 1.45 bits per heavy atom. The zero-order valence-corrected chi connectivity index (χ0v) is 13.2. The van der Waals surface area contributed by atoms with E-state index in [-0.39, 0.29) is 11.8 Å². The molecular formula is C16H17N3O2S. The molecule has 5 nitrogen and oxygen atoms in total. The van der Waals surface area contributed by atoms with Crippen LogP contribution in [0.3, 0.4) is 0 Å². The third kappa shape index (κ3) is 3.17. The van der Waals surface area contributed by atoms with Crippen molar-refractivity contribution < 1.29 is 9.59 Å². The zero-order valence-electron chi connectivity index (χ0n) is 12.3. The molecule has 22 heavy (non-hydrogen) atoms. The Kier molecular flexibility index (Phi) is 4.20. The predicted octanol–water partition coefficient (Wildman–Crippen LogP) is 2.51. The monoisotopic (exact) mass is 315 g/mol. The summed E-state index contributed by atoms with van der Waals surface area (Å²) in [5, 5.41) is 4.85. The molecule has 0 aliphatic carbocycles. The Labute approximate surface area is 133 Å². The summed E-state index contributed by atoms with van der Waals surface area (Å²) in [6, 6.07) is 5.59. The summed E-state index contributed by atoms with van der Waals surface area (Å²) in [7, 11) is 0. The standard InChI is InChI=1S/C16H17N3O2S/c1-11-7-13(22-10-11)16(21)18-9-12-4-5-17-14(8-12)19-6-2-3-15(19)20/h4-5,7-8,10H,2-3,6,9H2,1H3,(H,18,21). The van der Waals surface area contributed by atoms with Gasteiger partial charge in [-0.25, -0.2) is 4.98 Å². The molecule has 0 bridgehead atoms. The van der Waals surface area contributed by atoms with Crippen LogP contribution < -0.4 is 10.2 Å². The Hall–Kier alpha value is -2.21. The van der Waals surface area contributed by atoms with Crippen LogP contribution in [0.5, 0.6) is 0 Å². The summed E-state index contributed by atoms with van der Waals surface area (Å²) in [5.74, 6) is 0.706. The predicted molar refractivity (Wildman–Crippen MR) is 86.1 cm³/mol. The van der Waals surface area contributed by atoms with E-state index in [2.05, 4.69) is 10.3 Å². The highest BCUT2D eigenvalue weighted by atomic mass is 32.1. The summed E-state index contributed by atoms with van der Waals surface area (Å²) in [6.45, 7) is 3.11. The highest BCUT2D eigenvalue weighted by molar-refractivity contribution is 7.12. The van der Waals surface area contributed by atoms with E-state index in [4.69, 9.17) is 0 Å². The first-order valence-corrected chi connectivity index (χ1v) is 8.10. The highest BCUT2D eigenvalue weighted by Gasteiger charge is 2.22. The third-order valence-corrected chi connectivity index (χ3v) is 4.61. The van der Waals surface area contributed by atoms with Crippen molar-refractivity contribution in [2.75, 3.05) is 11.4 Å². The molecule has 2 aromatic heterocycles. The topological polar surface area (TPSA) is 62.3 Å². The number of thiophene rings is 1. The van der Waals surface area contributed by atoms with Crippen molar-refractivity contribution >= 4 is 29.0 Å². The Balaban J connectivity index is 1.65. The van der Waals surface area contributed by atoms with E-state index >= 15 is 0 Å². The van der Waals surface area contributed by atoms with Crippen molar-refractivity contribution in [1.82, 2.24) is 10.3 Å². The third-order valence-electron chi connectivity index (χ3n) is 3.57. The van der Waals surface area contributed by atoms with E-state index in [0.717, 1.165) is 24.1 Å². The molecule has 0 saturated carbocycles. The minimum atomic E-state index is -0.0753. The quantitative estimate of drug-likeness (QED) is 0.943. The van der Waals surface area contributed by atoms with E-state index in [0.29, 0.717) is 23.7 Å². The molecule has 2 amide bonds. The number of nitrogens with zero attached hydrogens (tertiary/aromatic N) is 2. The second kappa shape index (κ2) is 6.27. The van der Waals surface area contributed by atoms with Gasteiger partial charge < -0.3 is 5.32 Å². The van der Waals surface area contributed by atoms with Crippen LogP contribution in [-0.2, 0) is 11.3 Å². The van der Waals surface area contributed by atoms with Gasteiger partial charge in [0.05, 0.1) is 4.88 Å². The van der Waals surface area contributed by atoms with Crippen molar-refractivity contribution in [2.45, 2.75) is 26.3 Å². The second-order valence-corrected chi connectivity index (χ2v) is 6.25. The SMILES string of the molecule is Cc1csc(C(=O)NCc2ccnc(N3CCCC3=O)c2)c1. The molecule has 1 aliphatic rings. The number of amides is 2. The lowest BCUT2D eigenvalue weighted by Gasteiger charge is -2.15. The van der Waals surface area contributed by atoms with E-state index < -0.39 is 0 Å². The van der Waals surface area contributed by atoms with E-state index in [9.17, 15) is 9.59 Å². The maximum absolute atomic E-state index is 12.0. The number of aryl methyl sites for hydroxylation is 1. The van der Waals surface area contributed by atoms with Crippen molar-refractivity contribution in [3.63, 3.8) is 0 Å². The maximum atomic E-state index is 12.0. The largest absolute Gasteiger partial charge is 0.347 e. The molecule has 6 heteroatoms. The van der Waals surface area contributed by atoms with Crippen molar-refractivity contribution in [3.05, 3.63) is 45.8 Å². The second-order valence-electron chi connectivity index (χ2n) is 5.34. The maximum Gasteiger partial charge on any atom is 0.261 e. The molecule has 1 N–H and O–H groups in total. The molecule has 0 aromatic carbocycles. The molecule has 0 radical (unpaired) electrons. The summed E-state index contributed by atoms with van der Waals surface area (Å²) >= 11 is 1.44. The van der Waals surface area contributed by atoms with Gasteiger partial charge in [0.1, 0.15) is 5.82 Å². The fourth-order valence-electron chi connectivity index (χ4n) is 2.43. The van der Waals surface area contributed by atoms with Gasteiger partial charge in [-0.3, -0.25) is 14.5 Å². The van der Waals surface area contributed by atoms with Gasteiger partial charge in [-0.05, 0) is 48.1 Å². The van der Waals surface area contributed by atoms with Crippen molar-refractivity contribution in [3.8, 4) is 0 Å². The lowest BCUT2D eigenvalue weighted by Crippen LogP contribution is -2.25. The summed E-state index contributed by atoms with van der Waals surface area (Å²) in [6.07, 6.45) is 3.14. The first-order chi connectivity index (χ1) is 10.6. The fourth-order valence-corrected chi connectivity index (χ4v) is 3.24. The van der Waals surface area contributed by atoms with Crippen LogP contribution in [0.2, 0.25) is 0 Å². The zero-order chi connectivity index (χ0) is 15.5. The van der Waals surface area contributed by atoms with Crippen molar-refractivity contribution in [1.29, 1.82) is 0 Å². The number of pyridine rings is 1. The van der Waals surface area contributed by atoms with Crippen molar-refractivity contribution in [2.24, 2.45) is 0 Å². The van der Waals surface area contributed by atoms with Crippen LogP contribution in [0.25, 0.3) is 0 Å². The molecule has 114 valence electrons. The van der Waals surface area contributed by atoms with Gasteiger partial charge in [-0.15, -0.1) is 11.3 Å². The average Bonchev–Trinajstić information content (AvgIpc) is 3.13. The minimum absolute atomic E-state index is 0.0753. The molecule has 2 aromatic rings. The lowest BCUT2D eigenvalue weighted by molar-refractivity contribution is -0.117. The van der Waals surface area contributed by atoms with Crippen LogP contribution in [0.4, 0.5) is 5.82 Å². The first-order valence-electron chi connectivity index (χ1n) is 7.22. The summed E-state index contributed by atoms with van der Waals surface area (Å²) < 4.78 is 0. The normalized spacial score (nSPS) is 14.4. The van der Waals surface area contributed by atoms with Crippen LogP contribution in [0, 0.1) is 6.92 Å². The minimum Gasteiger partial charge on any atom is -0.347 e. The molecule has 3 rings (SSSR count). The van der Waals surface area contributed by atoms with Crippen LogP contribution in [-0.4, -0.2) is 23.3 Å². The number of carbonyl (C=O) groups is 2. The molecule has 1 saturated heterocycles. The van der Waals surface area contributed by atoms with Crippen LogP contribution in [0.15, 0.2) is 29.8 Å². The molecule has 0 spiro atoms. The lowest BCUT2D eigenvalue weighted by atomic mass is 10.2. The van der Waals surface area contributed by atoms with Crippen LogP contribution >= 0.6 is 11.3 Å². The Bertz CT molecular complexity index is 711. The molecule has 1 aliphatic heterocycles. The van der Waals surface area contributed by atoms with Gasteiger partial charge in [0.25, 0.3) is 5.91 Å². The first kappa shape index (κ1) is 14.7. The summed E-state index contributed by atoms with van der Waals surface area (Å²) in [4.78, 5) is 30.5. The highest BCUT2D eigenvalue weighted by Crippen LogP contribution is 2.20. The number of hydrogen-bond acceptors (Lipinski definition) is 4. The molecule has 0 atom stereocenters. The number of aromatic nitrogens is 1. The van der Waals surface area contributed by atoms with Gasteiger partial charge in [-0.1, -0.05) is 0 Å². The van der Waals surface area contributed by atoms with Crippen LogP contribution in [0.1, 0.15) is 33.6 Å². The molecule has 1 fully saturated rings. The van der Waals surface area contributed by atoms with Gasteiger partial charge in [-0.2, -0.15) is 0 Å². The van der Waals surface area contributed by atoms with E-state index in [1.54, 1.807) is 11.1 Å². The molecule has 3 heterocycles. The van der Waals surface area contributed by atoms with E-state index in [1.165, 1.54) is 11.3 Å². The van der Waals surface area contributed by atoms with E-state index in [1.807, 2.05) is 30.5 Å². The summed E-state index contributed by atoms with van der Waals surface area (Å²) in [5.41, 5.74) is 2.03. The number of hydrogen-bond donors (Lipinski definition) is 1. The molecule has 0 unspecified atom stereocenters. The Morgan fingerprint density at radius 3 is 3.00 bits per heavy atom. The van der Waals surface area contributed by atoms with Gasteiger partial charge in [0, 0.05) is 25.7 Å². The number of nitrogens with one attached hydrogen (secondary N) is 1. The van der Waals surface area contributed by atoms with Gasteiger partial charge in [0.15, 0.2) is 0 Å². The number of anilines is 1. The smallest absolute Gasteiger partial charge is 0.261 e. The molecular weight excluding hydrogens is 298 g/mol. The average molecular weight is 315 g/mol. The van der Waals surface area contributed by atoms with Gasteiger partial charge >= 0.3 is 0 Å². The number of carbonyl (C=O) groups excluding carboxylic acids is 2. The Morgan fingerprint density at radius 2 is 2.32 bits per heavy atom. The van der Waals surface area contributed by atoms with Gasteiger partial charge in [0.2, 0.25) is 5.91 Å². The number of rotatable bonds is 4. The fraction of sp³-hybridized carbons (Fsp3) is 0.312.